The molecular formula is C18H15N7. The van der Waals surface area contributed by atoms with E-state index in [1.54, 1.807) is 12.4 Å². The van der Waals surface area contributed by atoms with E-state index in [1.807, 2.05) is 49.1 Å². The molecular weight excluding hydrogens is 314 g/mol. The molecule has 2 N–H and O–H groups in total. The molecule has 0 aliphatic carbocycles. The van der Waals surface area contributed by atoms with Gasteiger partial charge < -0.3 is 10.7 Å². The fraction of sp³-hybridized carbons (Fsp3) is 0.111. The van der Waals surface area contributed by atoms with E-state index in [0.717, 1.165) is 40.2 Å². The molecule has 4 heterocycles. The highest BCUT2D eigenvalue weighted by Crippen LogP contribution is 2.27. The summed E-state index contributed by atoms with van der Waals surface area (Å²) >= 11 is 0. The van der Waals surface area contributed by atoms with E-state index in [0.29, 0.717) is 0 Å². The van der Waals surface area contributed by atoms with E-state index in [9.17, 15) is 0 Å². The van der Waals surface area contributed by atoms with E-state index in [4.69, 9.17) is 0 Å². The van der Waals surface area contributed by atoms with Crippen LogP contribution < -0.4 is 10.7 Å². The summed E-state index contributed by atoms with van der Waals surface area (Å²) in [6, 6.07) is 8.08. The van der Waals surface area contributed by atoms with Crippen LogP contribution in [0.3, 0.4) is 0 Å². The lowest BCUT2D eigenvalue weighted by Crippen LogP contribution is -2.10. The van der Waals surface area contributed by atoms with Crippen LogP contribution in [0.2, 0.25) is 0 Å². The second kappa shape index (κ2) is 5.55. The first-order chi connectivity index (χ1) is 12.4. The predicted octanol–water partition coefficient (Wildman–Crippen LogP) is 2.69. The van der Waals surface area contributed by atoms with Crippen molar-refractivity contribution in [2.24, 2.45) is 5.10 Å². The molecule has 1 aromatic carbocycles. The van der Waals surface area contributed by atoms with Crippen LogP contribution in [0.25, 0.3) is 16.4 Å². The van der Waals surface area contributed by atoms with Crippen molar-refractivity contribution in [3.63, 3.8) is 0 Å². The van der Waals surface area contributed by atoms with Crippen molar-refractivity contribution in [3.05, 3.63) is 60.9 Å². The second-order valence-corrected chi connectivity index (χ2v) is 5.93. The first kappa shape index (κ1) is 13.9. The minimum absolute atomic E-state index is 0.217. The maximum Gasteiger partial charge on any atom is 0.180 e. The standard InChI is InChI=1S/C18H15N7/c1-2-12-8-19-5-4-14(12)15(3-1)24-17-18-21-11-16(13-9-22-23-10-13)25(18)7-6-20-17/h1-9,11,13,23H,10H2,(H,20,24). The molecule has 4 aromatic rings. The molecule has 0 fully saturated rings. The summed E-state index contributed by atoms with van der Waals surface area (Å²) < 4.78 is 2.06. The van der Waals surface area contributed by atoms with Crippen molar-refractivity contribution in [1.29, 1.82) is 0 Å². The number of hydrazone groups is 1. The van der Waals surface area contributed by atoms with Crippen molar-refractivity contribution in [2.75, 3.05) is 11.9 Å². The zero-order chi connectivity index (χ0) is 16.6. The Labute approximate surface area is 143 Å². The number of pyridine rings is 1. The number of nitrogens with zero attached hydrogens (tertiary/aromatic N) is 5. The van der Waals surface area contributed by atoms with Gasteiger partial charge in [0.15, 0.2) is 11.5 Å². The molecule has 5 rings (SSSR count). The van der Waals surface area contributed by atoms with Gasteiger partial charge in [-0.1, -0.05) is 12.1 Å². The third-order valence-corrected chi connectivity index (χ3v) is 4.43. The Hall–Kier alpha value is -3.48. The van der Waals surface area contributed by atoms with Gasteiger partial charge in [-0.05, 0) is 12.1 Å². The number of imidazole rings is 1. The van der Waals surface area contributed by atoms with E-state index >= 15 is 0 Å². The molecule has 0 spiro atoms. The van der Waals surface area contributed by atoms with Crippen molar-refractivity contribution >= 4 is 34.1 Å². The number of benzene rings is 1. The highest BCUT2D eigenvalue weighted by atomic mass is 15.3. The van der Waals surface area contributed by atoms with Gasteiger partial charge in [-0.2, -0.15) is 5.10 Å². The third-order valence-electron chi connectivity index (χ3n) is 4.43. The van der Waals surface area contributed by atoms with Gasteiger partial charge in [-0.25, -0.2) is 9.97 Å². The minimum atomic E-state index is 0.217. The molecule has 0 bridgehead atoms. The van der Waals surface area contributed by atoms with Crippen LogP contribution >= 0.6 is 0 Å². The number of aromatic nitrogens is 4. The van der Waals surface area contributed by atoms with Gasteiger partial charge in [0.25, 0.3) is 0 Å². The second-order valence-electron chi connectivity index (χ2n) is 5.93. The maximum atomic E-state index is 4.58. The lowest BCUT2D eigenvalue weighted by atomic mass is 10.1. The molecule has 0 saturated carbocycles. The summed E-state index contributed by atoms with van der Waals surface area (Å²) in [5.74, 6) is 0.940. The summed E-state index contributed by atoms with van der Waals surface area (Å²) in [6.07, 6.45) is 11.2. The first-order valence-electron chi connectivity index (χ1n) is 8.08. The van der Waals surface area contributed by atoms with E-state index in [-0.39, 0.29) is 5.92 Å². The zero-order valence-electron chi connectivity index (χ0n) is 13.3. The summed E-state index contributed by atoms with van der Waals surface area (Å²) in [6.45, 7) is 0.787. The Balaban J connectivity index is 1.60. The van der Waals surface area contributed by atoms with Crippen LogP contribution in [0.15, 0.2) is 60.4 Å². The topological polar surface area (TPSA) is 79.5 Å². The maximum absolute atomic E-state index is 4.58. The molecule has 3 aromatic heterocycles. The molecule has 25 heavy (non-hydrogen) atoms. The fourth-order valence-electron chi connectivity index (χ4n) is 3.19. The van der Waals surface area contributed by atoms with Crippen LogP contribution in [0.1, 0.15) is 11.6 Å². The van der Waals surface area contributed by atoms with Crippen LogP contribution in [-0.4, -0.2) is 32.1 Å². The Morgan fingerprint density at radius 2 is 2.12 bits per heavy atom. The van der Waals surface area contributed by atoms with Gasteiger partial charge in [-0.3, -0.25) is 9.38 Å². The number of hydrogen-bond donors (Lipinski definition) is 2. The fourth-order valence-corrected chi connectivity index (χ4v) is 3.19. The molecule has 0 saturated heterocycles. The zero-order valence-corrected chi connectivity index (χ0v) is 13.3. The number of rotatable bonds is 3. The highest BCUT2D eigenvalue weighted by Gasteiger charge is 2.19. The van der Waals surface area contributed by atoms with Crippen molar-refractivity contribution in [2.45, 2.75) is 5.92 Å². The van der Waals surface area contributed by atoms with Crippen LogP contribution in [0.5, 0.6) is 0 Å². The van der Waals surface area contributed by atoms with E-state index in [2.05, 4.69) is 35.2 Å². The van der Waals surface area contributed by atoms with Crippen LogP contribution in [0, 0.1) is 0 Å². The van der Waals surface area contributed by atoms with Gasteiger partial charge in [0.1, 0.15) is 0 Å². The molecule has 0 amide bonds. The number of fused-ring (bicyclic) bond motifs is 2. The Morgan fingerprint density at radius 1 is 1.12 bits per heavy atom. The molecule has 1 unspecified atom stereocenters. The average Bonchev–Trinajstić information content (AvgIpc) is 3.32. The predicted molar refractivity (Wildman–Crippen MR) is 97.2 cm³/mol. The SMILES string of the molecule is C1=NNCC1c1cnc2c(Nc3cccc4cnccc34)nccn12. The molecule has 122 valence electrons. The normalized spacial score (nSPS) is 16.4. The van der Waals surface area contributed by atoms with Crippen molar-refractivity contribution in [3.8, 4) is 0 Å². The van der Waals surface area contributed by atoms with Crippen LogP contribution in [0.4, 0.5) is 11.5 Å². The smallest absolute Gasteiger partial charge is 0.180 e. The first-order valence-corrected chi connectivity index (χ1v) is 8.08. The largest absolute Gasteiger partial charge is 0.337 e. The quantitative estimate of drug-likeness (QED) is 0.604. The summed E-state index contributed by atoms with van der Waals surface area (Å²) in [4.78, 5) is 13.2. The lowest BCUT2D eigenvalue weighted by molar-refractivity contribution is 0.747. The molecule has 1 aliphatic heterocycles. The number of anilines is 2. The van der Waals surface area contributed by atoms with Gasteiger partial charge in [0, 0.05) is 54.0 Å². The van der Waals surface area contributed by atoms with E-state index in [1.165, 1.54) is 0 Å². The minimum Gasteiger partial charge on any atom is -0.337 e. The summed E-state index contributed by atoms with van der Waals surface area (Å²) in [5.41, 5.74) is 5.86. The molecule has 7 heteroatoms. The van der Waals surface area contributed by atoms with Crippen molar-refractivity contribution in [1.82, 2.24) is 24.8 Å². The van der Waals surface area contributed by atoms with Crippen molar-refractivity contribution < 1.29 is 0 Å². The Kier molecular flexibility index (Phi) is 3.09. The van der Waals surface area contributed by atoms with Gasteiger partial charge in [-0.15, -0.1) is 0 Å². The molecule has 1 aliphatic rings. The monoisotopic (exact) mass is 329 g/mol. The number of hydrogen-bond acceptors (Lipinski definition) is 6. The lowest BCUT2D eigenvalue weighted by Gasteiger charge is -2.11. The number of nitrogens with one attached hydrogen (secondary N) is 2. The van der Waals surface area contributed by atoms with Gasteiger partial charge in [0.2, 0.25) is 0 Å². The molecule has 7 nitrogen and oxygen atoms in total. The Morgan fingerprint density at radius 3 is 3.04 bits per heavy atom. The van der Waals surface area contributed by atoms with Crippen LogP contribution in [-0.2, 0) is 0 Å². The molecule has 0 radical (unpaired) electrons. The Bertz CT molecular complexity index is 1090. The third kappa shape index (κ3) is 2.28. The molecule has 1 atom stereocenters. The summed E-state index contributed by atoms with van der Waals surface area (Å²) in [5, 5.41) is 9.70. The van der Waals surface area contributed by atoms with Gasteiger partial charge >= 0.3 is 0 Å². The van der Waals surface area contributed by atoms with E-state index < -0.39 is 0 Å². The van der Waals surface area contributed by atoms with Gasteiger partial charge in [0.05, 0.1) is 17.8 Å². The summed E-state index contributed by atoms with van der Waals surface area (Å²) in [7, 11) is 0. The average molecular weight is 329 g/mol. The highest BCUT2D eigenvalue weighted by molar-refractivity contribution is 5.95.